The summed E-state index contributed by atoms with van der Waals surface area (Å²) in [5, 5.41) is 3.38. The van der Waals surface area contributed by atoms with Crippen molar-refractivity contribution in [3.05, 3.63) is 12.4 Å². The topological polar surface area (TPSA) is 42.3 Å². The van der Waals surface area contributed by atoms with Crippen molar-refractivity contribution in [2.45, 2.75) is 39.3 Å². The van der Waals surface area contributed by atoms with Crippen LogP contribution in [0.25, 0.3) is 0 Å². The number of imidazole rings is 1. The first-order chi connectivity index (χ1) is 9.21. The molecule has 1 heterocycles. The average Bonchev–Trinajstić information content (AvgIpc) is 2.88. The zero-order valence-electron chi connectivity index (χ0n) is 12.7. The smallest absolute Gasteiger partial charge is 0.202 e. The molecule has 0 radical (unpaired) electrons. The van der Waals surface area contributed by atoms with E-state index in [1.807, 2.05) is 12.4 Å². The highest BCUT2D eigenvalue weighted by atomic mass is 16.5. The summed E-state index contributed by atoms with van der Waals surface area (Å²) in [6.45, 7) is 8.11. The van der Waals surface area contributed by atoms with Gasteiger partial charge in [0.05, 0.1) is 6.10 Å². The summed E-state index contributed by atoms with van der Waals surface area (Å²) in [5.74, 6) is 0.939. The largest absolute Gasteiger partial charge is 0.378 e. The van der Waals surface area contributed by atoms with Gasteiger partial charge in [0.15, 0.2) is 0 Å². The number of hydrogen-bond acceptors (Lipinski definition) is 4. The first-order valence-corrected chi connectivity index (χ1v) is 7.17. The number of aromatic nitrogens is 2. The Kier molecular flexibility index (Phi) is 7.52. The van der Waals surface area contributed by atoms with Crippen LogP contribution in [0.2, 0.25) is 0 Å². The van der Waals surface area contributed by atoms with E-state index >= 15 is 0 Å². The molecular weight excluding hydrogens is 240 g/mol. The number of nitrogens with one attached hydrogen (secondary N) is 1. The Morgan fingerprint density at radius 1 is 1.47 bits per heavy atom. The van der Waals surface area contributed by atoms with Crippen molar-refractivity contribution in [1.82, 2.24) is 14.5 Å². The maximum atomic E-state index is 5.50. The number of aryl methyl sites for hydroxylation is 1. The van der Waals surface area contributed by atoms with Crippen LogP contribution in [0.15, 0.2) is 12.4 Å². The number of nitrogens with zero attached hydrogens (tertiary/aromatic N) is 3. The van der Waals surface area contributed by atoms with Crippen molar-refractivity contribution in [3.8, 4) is 0 Å². The normalized spacial score (nSPS) is 12.9. The van der Waals surface area contributed by atoms with Gasteiger partial charge >= 0.3 is 0 Å². The van der Waals surface area contributed by atoms with E-state index in [9.17, 15) is 0 Å². The second kappa shape index (κ2) is 8.93. The van der Waals surface area contributed by atoms with Gasteiger partial charge < -0.3 is 19.5 Å². The quantitative estimate of drug-likeness (QED) is 0.705. The zero-order chi connectivity index (χ0) is 14.1. The van der Waals surface area contributed by atoms with E-state index in [1.54, 1.807) is 7.11 Å². The van der Waals surface area contributed by atoms with Gasteiger partial charge in [0.25, 0.3) is 0 Å². The molecular formula is C14H28N4O. The standard InChI is InChI=1S/C14H28N4O/c1-5-7-9-18-10-8-15-14(18)16-11-13(19-4)12-17(3)6-2/h8,10,13H,5-7,9,11-12H2,1-4H3,(H,15,16). The van der Waals surface area contributed by atoms with E-state index in [2.05, 4.69) is 40.7 Å². The summed E-state index contributed by atoms with van der Waals surface area (Å²) < 4.78 is 7.67. The van der Waals surface area contributed by atoms with Crippen LogP contribution in [0.5, 0.6) is 0 Å². The van der Waals surface area contributed by atoms with Crippen LogP contribution in [0, 0.1) is 0 Å². The number of rotatable bonds is 10. The highest BCUT2D eigenvalue weighted by Gasteiger charge is 2.11. The Hall–Kier alpha value is -1.07. The van der Waals surface area contributed by atoms with Crippen LogP contribution in [0.3, 0.4) is 0 Å². The fourth-order valence-corrected chi connectivity index (χ4v) is 1.89. The van der Waals surface area contributed by atoms with Crippen molar-refractivity contribution >= 4 is 5.95 Å². The zero-order valence-corrected chi connectivity index (χ0v) is 12.7. The molecule has 0 aliphatic heterocycles. The second-order valence-corrected chi connectivity index (χ2v) is 4.89. The van der Waals surface area contributed by atoms with Crippen molar-refractivity contribution in [2.24, 2.45) is 0 Å². The minimum atomic E-state index is 0.182. The third-order valence-electron chi connectivity index (χ3n) is 3.34. The van der Waals surface area contributed by atoms with Gasteiger partial charge in [-0.3, -0.25) is 0 Å². The molecule has 1 aromatic heterocycles. The first kappa shape index (κ1) is 16.0. The molecule has 0 aliphatic carbocycles. The minimum absolute atomic E-state index is 0.182. The summed E-state index contributed by atoms with van der Waals surface area (Å²) in [7, 11) is 3.87. The Balaban J connectivity index is 2.43. The van der Waals surface area contributed by atoms with Gasteiger partial charge in [0.2, 0.25) is 5.95 Å². The summed E-state index contributed by atoms with van der Waals surface area (Å²) in [4.78, 5) is 6.61. The summed E-state index contributed by atoms with van der Waals surface area (Å²) in [5.41, 5.74) is 0. The molecule has 1 unspecified atom stereocenters. The number of unbranched alkanes of at least 4 members (excludes halogenated alkanes) is 1. The number of ether oxygens (including phenoxy) is 1. The van der Waals surface area contributed by atoms with Crippen molar-refractivity contribution in [3.63, 3.8) is 0 Å². The predicted molar refractivity (Wildman–Crippen MR) is 79.6 cm³/mol. The van der Waals surface area contributed by atoms with Crippen LogP contribution in [-0.4, -0.2) is 54.3 Å². The van der Waals surface area contributed by atoms with E-state index in [0.717, 1.165) is 32.1 Å². The molecule has 0 spiro atoms. The van der Waals surface area contributed by atoms with Gasteiger partial charge in [-0.15, -0.1) is 0 Å². The van der Waals surface area contributed by atoms with Crippen LogP contribution < -0.4 is 5.32 Å². The lowest BCUT2D eigenvalue weighted by atomic mass is 10.3. The molecule has 5 heteroatoms. The fourth-order valence-electron chi connectivity index (χ4n) is 1.89. The Morgan fingerprint density at radius 3 is 2.89 bits per heavy atom. The maximum absolute atomic E-state index is 5.50. The predicted octanol–water partition coefficient (Wildman–Crippen LogP) is 2.06. The van der Waals surface area contributed by atoms with Crippen LogP contribution in [0.4, 0.5) is 5.95 Å². The molecule has 0 aromatic carbocycles. The SMILES string of the molecule is CCCCn1ccnc1NCC(CN(C)CC)OC. The van der Waals surface area contributed by atoms with Gasteiger partial charge in [0, 0.05) is 39.1 Å². The molecule has 0 amide bonds. The second-order valence-electron chi connectivity index (χ2n) is 4.89. The lowest BCUT2D eigenvalue weighted by Gasteiger charge is -2.22. The Morgan fingerprint density at radius 2 is 2.26 bits per heavy atom. The van der Waals surface area contributed by atoms with Crippen molar-refractivity contribution < 1.29 is 4.74 Å². The number of methoxy groups -OCH3 is 1. The van der Waals surface area contributed by atoms with E-state index in [1.165, 1.54) is 12.8 Å². The Bertz CT molecular complexity index is 340. The molecule has 1 aromatic rings. The first-order valence-electron chi connectivity index (χ1n) is 7.17. The lowest BCUT2D eigenvalue weighted by molar-refractivity contribution is 0.0826. The van der Waals surface area contributed by atoms with Crippen LogP contribution >= 0.6 is 0 Å². The minimum Gasteiger partial charge on any atom is -0.378 e. The molecule has 19 heavy (non-hydrogen) atoms. The van der Waals surface area contributed by atoms with E-state index in [4.69, 9.17) is 4.74 Å². The molecule has 1 atom stereocenters. The highest BCUT2D eigenvalue weighted by molar-refractivity contribution is 5.25. The van der Waals surface area contributed by atoms with Gasteiger partial charge in [-0.05, 0) is 20.0 Å². The molecule has 0 saturated carbocycles. The molecule has 1 rings (SSSR count). The van der Waals surface area contributed by atoms with Crippen LogP contribution in [-0.2, 0) is 11.3 Å². The summed E-state index contributed by atoms with van der Waals surface area (Å²) in [6, 6.07) is 0. The number of anilines is 1. The molecule has 1 N–H and O–H groups in total. The number of hydrogen-bond donors (Lipinski definition) is 1. The monoisotopic (exact) mass is 268 g/mol. The third kappa shape index (κ3) is 5.61. The van der Waals surface area contributed by atoms with E-state index in [-0.39, 0.29) is 6.10 Å². The molecule has 0 saturated heterocycles. The maximum Gasteiger partial charge on any atom is 0.202 e. The van der Waals surface area contributed by atoms with Crippen molar-refractivity contribution in [1.29, 1.82) is 0 Å². The summed E-state index contributed by atoms with van der Waals surface area (Å²) in [6.07, 6.45) is 6.42. The lowest BCUT2D eigenvalue weighted by Crippen LogP contribution is -2.35. The molecule has 0 fully saturated rings. The van der Waals surface area contributed by atoms with E-state index in [0.29, 0.717) is 0 Å². The molecule has 5 nitrogen and oxygen atoms in total. The molecule has 110 valence electrons. The number of likely N-dealkylation sites (N-methyl/N-ethyl adjacent to an activating group) is 1. The average molecular weight is 268 g/mol. The molecule has 0 bridgehead atoms. The fraction of sp³-hybridized carbons (Fsp3) is 0.786. The van der Waals surface area contributed by atoms with Gasteiger partial charge in [-0.25, -0.2) is 4.98 Å². The van der Waals surface area contributed by atoms with Gasteiger partial charge in [-0.1, -0.05) is 20.3 Å². The van der Waals surface area contributed by atoms with Crippen molar-refractivity contribution in [2.75, 3.05) is 39.1 Å². The summed E-state index contributed by atoms with van der Waals surface area (Å²) >= 11 is 0. The van der Waals surface area contributed by atoms with Gasteiger partial charge in [0.1, 0.15) is 0 Å². The van der Waals surface area contributed by atoms with Gasteiger partial charge in [-0.2, -0.15) is 0 Å². The molecule has 0 aliphatic rings. The Labute approximate surface area is 117 Å². The highest BCUT2D eigenvalue weighted by Crippen LogP contribution is 2.07. The van der Waals surface area contributed by atoms with Crippen LogP contribution in [0.1, 0.15) is 26.7 Å². The third-order valence-corrected chi connectivity index (χ3v) is 3.34. The van der Waals surface area contributed by atoms with E-state index < -0.39 is 0 Å².